The van der Waals surface area contributed by atoms with Crippen molar-refractivity contribution in [2.75, 3.05) is 23.7 Å². The molecule has 2 aromatic rings. The molecule has 1 atom stereocenters. The zero-order valence-electron chi connectivity index (χ0n) is 19.9. The molecule has 0 heterocycles. The number of carbonyl (C=O) groups is 2. The van der Waals surface area contributed by atoms with E-state index in [2.05, 4.69) is 5.32 Å². The second kappa shape index (κ2) is 13.3. The number of hydrogen-bond donors (Lipinski definition) is 1. The Morgan fingerprint density at radius 3 is 2.20 bits per heavy atom. The fourth-order valence-corrected chi connectivity index (χ4v) is 5.08. The highest BCUT2D eigenvalue weighted by atomic mass is 35.5. The van der Waals surface area contributed by atoms with Gasteiger partial charge in [-0.05, 0) is 42.7 Å². The number of unbranched alkanes of at least 4 members (excludes halogenated alkanes) is 1. The lowest BCUT2D eigenvalue weighted by atomic mass is 10.1. The van der Waals surface area contributed by atoms with Crippen LogP contribution in [0.1, 0.15) is 38.7 Å². The van der Waals surface area contributed by atoms with Gasteiger partial charge in [0.25, 0.3) is 0 Å². The van der Waals surface area contributed by atoms with Gasteiger partial charge in [0, 0.05) is 28.2 Å². The molecular weight excluding hydrogens is 533 g/mol. The van der Waals surface area contributed by atoms with Crippen molar-refractivity contribution in [3.8, 4) is 0 Å². The summed E-state index contributed by atoms with van der Waals surface area (Å²) in [5.41, 5.74) is 0.788. The lowest BCUT2D eigenvalue weighted by Crippen LogP contribution is -2.52. The predicted molar refractivity (Wildman–Crippen MR) is 143 cm³/mol. The Kier molecular flexibility index (Phi) is 11.1. The fraction of sp³-hybridized carbons (Fsp3) is 0.417. The molecule has 35 heavy (non-hydrogen) atoms. The quantitative estimate of drug-likeness (QED) is 0.363. The van der Waals surface area contributed by atoms with E-state index in [0.717, 1.165) is 23.4 Å². The van der Waals surface area contributed by atoms with Crippen molar-refractivity contribution in [2.45, 2.75) is 45.7 Å². The standard InChI is InChI=1S/C24H30Cl3N3O4S/c1-4-6-11-28-24(32)22(5-2)29(15-17-9-7-8-10-21(17)27)23(31)16-30(35(3,33)34)20-13-18(25)12-19(26)14-20/h7-10,12-14,22H,4-6,11,15-16H2,1-3H3,(H,28,32)/t22-/m1/s1. The Morgan fingerprint density at radius 2 is 1.66 bits per heavy atom. The van der Waals surface area contributed by atoms with E-state index in [0.29, 0.717) is 23.6 Å². The van der Waals surface area contributed by atoms with Crippen LogP contribution in [0.3, 0.4) is 0 Å². The smallest absolute Gasteiger partial charge is 0.244 e. The van der Waals surface area contributed by atoms with Crippen molar-refractivity contribution in [1.29, 1.82) is 0 Å². The molecule has 0 bridgehead atoms. The first-order valence-electron chi connectivity index (χ1n) is 11.2. The van der Waals surface area contributed by atoms with Gasteiger partial charge in [0.05, 0.1) is 11.9 Å². The van der Waals surface area contributed by atoms with Gasteiger partial charge in [-0.3, -0.25) is 13.9 Å². The van der Waals surface area contributed by atoms with E-state index in [1.165, 1.54) is 23.1 Å². The normalized spacial score (nSPS) is 12.2. The minimum Gasteiger partial charge on any atom is -0.354 e. The number of nitrogens with zero attached hydrogens (tertiary/aromatic N) is 2. The molecule has 0 saturated carbocycles. The Balaban J connectivity index is 2.45. The number of sulfonamides is 1. The lowest BCUT2D eigenvalue weighted by molar-refractivity contribution is -0.140. The highest BCUT2D eigenvalue weighted by Gasteiger charge is 2.32. The summed E-state index contributed by atoms with van der Waals surface area (Å²) < 4.78 is 26.2. The van der Waals surface area contributed by atoms with E-state index in [9.17, 15) is 18.0 Å². The maximum Gasteiger partial charge on any atom is 0.244 e. The number of hydrogen-bond acceptors (Lipinski definition) is 4. The number of halogens is 3. The van der Waals surface area contributed by atoms with Gasteiger partial charge in [0.15, 0.2) is 0 Å². The summed E-state index contributed by atoms with van der Waals surface area (Å²) in [4.78, 5) is 28.0. The van der Waals surface area contributed by atoms with Gasteiger partial charge in [0.2, 0.25) is 21.8 Å². The zero-order valence-corrected chi connectivity index (χ0v) is 23.0. The van der Waals surface area contributed by atoms with E-state index >= 15 is 0 Å². The molecule has 0 aromatic heterocycles. The zero-order chi connectivity index (χ0) is 26.2. The highest BCUT2D eigenvalue weighted by molar-refractivity contribution is 7.92. The Hall–Kier alpha value is -2.00. The second-order valence-electron chi connectivity index (χ2n) is 8.08. The lowest BCUT2D eigenvalue weighted by Gasteiger charge is -2.33. The van der Waals surface area contributed by atoms with Gasteiger partial charge < -0.3 is 10.2 Å². The molecule has 2 rings (SSSR count). The van der Waals surface area contributed by atoms with Crippen molar-refractivity contribution in [2.24, 2.45) is 0 Å². The van der Waals surface area contributed by atoms with Gasteiger partial charge in [-0.1, -0.05) is 73.3 Å². The Bertz CT molecular complexity index is 1120. The number of carbonyl (C=O) groups excluding carboxylic acids is 2. The molecule has 11 heteroatoms. The number of anilines is 1. The van der Waals surface area contributed by atoms with E-state index in [1.54, 1.807) is 31.2 Å². The molecule has 0 fully saturated rings. The topological polar surface area (TPSA) is 86.8 Å². The first kappa shape index (κ1) is 29.2. The summed E-state index contributed by atoms with van der Waals surface area (Å²) in [7, 11) is -3.89. The summed E-state index contributed by atoms with van der Waals surface area (Å²) in [6, 6.07) is 10.5. The predicted octanol–water partition coefficient (Wildman–Crippen LogP) is 5.14. The molecule has 0 saturated heterocycles. The molecule has 1 N–H and O–H groups in total. The third kappa shape index (κ3) is 8.56. The van der Waals surface area contributed by atoms with Crippen LogP contribution in [-0.2, 0) is 26.2 Å². The van der Waals surface area contributed by atoms with Crippen LogP contribution in [0.4, 0.5) is 5.69 Å². The van der Waals surface area contributed by atoms with Gasteiger partial charge >= 0.3 is 0 Å². The van der Waals surface area contributed by atoms with Crippen LogP contribution in [0.25, 0.3) is 0 Å². The van der Waals surface area contributed by atoms with Crippen LogP contribution in [0, 0.1) is 0 Å². The van der Waals surface area contributed by atoms with Crippen molar-refractivity contribution in [3.05, 3.63) is 63.1 Å². The molecule has 0 aliphatic rings. The number of amides is 2. The van der Waals surface area contributed by atoms with E-state index < -0.39 is 28.5 Å². The average Bonchev–Trinajstić information content (AvgIpc) is 2.77. The van der Waals surface area contributed by atoms with Gasteiger partial charge in [-0.25, -0.2) is 8.42 Å². The molecule has 0 aliphatic heterocycles. The number of benzene rings is 2. The molecular formula is C24H30Cl3N3O4S. The third-order valence-electron chi connectivity index (χ3n) is 5.33. The Morgan fingerprint density at radius 1 is 1.03 bits per heavy atom. The fourth-order valence-electron chi connectivity index (χ4n) is 3.53. The van der Waals surface area contributed by atoms with Gasteiger partial charge in [0.1, 0.15) is 12.6 Å². The van der Waals surface area contributed by atoms with Crippen molar-refractivity contribution >= 4 is 62.3 Å². The monoisotopic (exact) mass is 561 g/mol. The van der Waals surface area contributed by atoms with Crippen LogP contribution in [0.2, 0.25) is 15.1 Å². The van der Waals surface area contributed by atoms with E-state index in [1.807, 2.05) is 6.92 Å². The summed E-state index contributed by atoms with van der Waals surface area (Å²) in [6.45, 7) is 3.78. The molecule has 0 aliphatic carbocycles. The third-order valence-corrected chi connectivity index (χ3v) is 7.27. The van der Waals surface area contributed by atoms with E-state index in [4.69, 9.17) is 34.8 Å². The largest absolute Gasteiger partial charge is 0.354 e. The molecule has 7 nitrogen and oxygen atoms in total. The van der Waals surface area contributed by atoms with Crippen molar-refractivity contribution < 1.29 is 18.0 Å². The number of nitrogens with one attached hydrogen (secondary N) is 1. The van der Waals surface area contributed by atoms with Crippen LogP contribution in [0.5, 0.6) is 0 Å². The SMILES string of the molecule is CCCCNC(=O)[C@@H](CC)N(Cc1ccccc1Cl)C(=O)CN(c1cc(Cl)cc(Cl)c1)S(C)(=O)=O. The van der Waals surface area contributed by atoms with Crippen molar-refractivity contribution in [3.63, 3.8) is 0 Å². The first-order chi connectivity index (χ1) is 16.5. The summed E-state index contributed by atoms with van der Waals surface area (Å²) in [5.74, 6) is -0.873. The molecule has 2 amide bonds. The van der Waals surface area contributed by atoms with E-state index in [-0.39, 0.29) is 28.2 Å². The highest BCUT2D eigenvalue weighted by Crippen LogP contribution is 2.28. The molecule has 2 aromatic carbocycles. The summed E-state index contributed by atoms with van der Waals surface area (Å²) in [5, 5.41) is 3.76. The number of rotatable bonds is 12. The second-order valence-corrected chi connectivity index (χ2v) is 11.3. The summed E-state index contributed by atoms with van der Waals surface area (Å²) in [6.07, 6.45) is 3.03. The molecule has 0 unspecified atom stereocenters. The van der Waals surface area contributed by atoms with Gasteiger partial charge in [-0.15, -0.1) is 0 Å². The first-order valence-corrected chi connectivity index (χ1v) is 14.2. The van der Waals surface area contributed by atoms with Crippen LogP contribution < -0.4 is 9.62 Å². The Labute approximate surface area is 222 Å². The summed E-state index contributed by atoms with van der Waals surface area (Å²) >= 11 is 18.5. The maximum atomic E-state index is 13.6. The van der Waals surface area contributed by atoms with Crippen LogP contribution in [0.15, 0.2) is 42.5 Å². The van der Waals surface area contributed by atoms with Crippen molar-refractivity contribution in [1.82, 2.24) is 10.2 Å². The van der Waals surface area contributed by atoms with Gasteiger partial charge in [-0.2, -0.15) is 0 Å². The maximum absolute atomic E-state index is 13.6. The molecule has 192 valence electrons. The molecule has 0 radical (unpaired) electrons. The minimum atomic E-state index is -3.89. The van der Waals surface area contributed by atoms with Crippen LogP contribution >= 0.6 is 34.8 Å². The molecule has 0 spiro atoms. The average molecular weight is 563 g/mol. The van der Waals surface area contributed by atoms with Crippen LogP contribution in [-0.4, -0.2) is 50.5 Å². The minimum absolute atomic E-state index is 0.0338.